The van der Waals surface area contributed by atoms with E-state index in [1.54, 1.807) is 57.2 Å². The molecule has 0 saturated carbocycles. The Hall–Kier alpha value is -8.34. The number of carbonyl (C=O) groups is 11. The van der Waals surface area contributed by atoms with Crippen molar-refractivity contribution in [3.8, 4) is 11.4 Å². The average Bonchev–Trinajstić information content (AvgIpc) is 1.73. The number of aliphatic carboxylic acids is 1. The molecular weight excluding hydrogens is 1100 g/mol. The number of carboxylic acid groups (broad SMARTS) is 1. The maximum absolute atomic E-state index is 15.4. The molecule has 0 spiro atoms. The number of esters is 1. The number of benzene rings is 2. The molecular formula is C62H72FN7O15. The standard InChI is InChI=1S/C62H72FN7O15/c1-5-62(84)43-29-48-57-41(32-70(48)60(82)42(43)33-85-61(62)83)56-45(19-18-40-35(3)44(63)30-47(67-57)55(40)56)65-51(75)16-12-23-64-50(74)22-20-49(73)46(26-36-13-8-6-9-14-36)66-52(76)21-17-39(72)31-68(4)59(81)37(28-54(78)79)27-38(71)15-10-7-11-24-69-53(77)25-34(2)58(69)80/h6,8-9,13-14,29-30,34,37,45-46,84H,5,7,10-12,15-28,31-33H2,1-4H3,(H,64,74)(H,65,75)(H,66,76)(H,78,79)/t34?,37-,45-,46-,62-/m0/s1. The number of unbranched alkanes of at least 4 members (excludes halogenated alkanes) is 2. The van der Waals surface area contributed by atoms with Crippen molar-refractivity contribution >= 4 is 75.6 Å². The van der Waals surface area contributed by atoms with Crippen molar-refractivity contribution in [1.29, 1.82) is 0 Å². The van der Waals surface area contributed by atoms with Gasteiger partial charge in [-0.15, -0.1) is 0 Å². The number of nitrogens with one attached hydrogen (secondary N) is 3. The summed E-state index contributed by atoms with van der Waals surface area (Å²) < 4.78 is 22.1. The number of cyclic esters (lactones) is 1. The van der Waals surface area contributed by atoms with Gasteiger partial charge < -0.3 is 40.4 Å². The number of rotatable bonds is 29. The highest BCUT2D eigenvalue weighted by Gasteiger charge is 2.46. The van der Waals surface area contributed by atoms with Crippen molar-refractivity contribution in [3.63, 3.8) is 0 Å². The molecule has 1 unspecified atom stereocenters. The van der Waals surface area contributed by atoms with Gasteiger partial charge in [0, 0.05) is 100 Å². The van der Waals surface area contributed by atoms with Crippen molar-refractivity contribution in [2.24, 2.45) is 11.8 Å². The van der Waals surface area contributed by atoms with E-state index in [2.05, 4.69) is 16.0 Å². The fourth-order valence-corrected chi connectivity index (χ4v) is 12.0. The Kier molecular flexibility index (Phi) is 20.0. The molecule has 5 N–H and O–H groups in total. The van der Waals surface area contributed by atoms with Crippen molar-refractivity contribution in [2.75, 3.05) is 26.7 Å². The Morgan fingerprint density at radius 2 is 1.61 bits per heavy atom. The number of amides is 6. The first-order valence-corrected chi connectivity index (χ1v) is 29.1. The summed E-state index contributed by atoms with van der Waals surface area (Å²) >= 11 is 0. The molecule has 85 heavy (non-hydrogen) atoms. The minimum atomic E-state index is -2.05. The van der Waals surface area contributed by atoms with E-state index >= 15 is 4.39 Å². The van der Waals surface area contributed by atoms with Crippen LogP contribution >= 0.6 is 0 Å². The molecule has 0 bridgehead atoms. The molecule has 2 aromatic carbocycles. The SMILES string of the molecule is CC[C@@]1(O)C(=O)OCc2c1cc1n(c2=O)Cc2c-1nc1cc(F)c(C)c3c1c2[C@@H](NC(=O)CCCNC(=O)CCC(=O)[C@H](Cc1ccccc1)NC(=O)CCC(=O)CN(C)C(=O)[C@H](CC(=O)O)CC(=O)CCCCCN1C(=O)CC(C)C1=O)CC3. The lowest BCUT2D eigenvalue weighted by atomic mass is 9.81. The van der Waals surface area contributed by atoms with Crippen LogP contribution in [0.2, 0.25) is 0 Å². The lowest BCUT2D eigenvalue weighted by Crippen LogP contribution is -2.44. The van der Waals surface area contributed by atoms with Crippen LogP contribution in [0.25, 0.3) is 22.3 Å². The van der Waals surface area contributed by atoms with Gasteiger partial charge in [0.2, 0.25) is 35.4 Å². The van der Waals surface area contributed by atoms with Gasteiger partial charge >= 0.3 is 11.9 Å². The molecule has 4 aliphatic rings. The molecule has 5 heterocycles. The summed E-state index contributed by atoms with van der Waals surface area (Å²) in [6, 6.07) is 10.1. The van der Waals surface area contributed by atoms with Crippen LogP contribution in [0.5, 0.6) is 0 Å². The van der Waals surface area contributed by atoms with E-state index in [1.165, 1.54) is 22.6 Å². The third-order valence-corrected chi connectivity index (χ3v) is 16.7. The molecule has 4 aromatic rings. The van der Waals surface area contributed by atoms with Crippen LogP contribution in [0, 0.1) is 24.6 Å². The second kappa shape index (κ2) is 27.1. The largest absolute Gasteiger partial charge is 0.481 e. The third-order valence-electron chi connectivity index (χ3n) is 16.7. The van der Waals surface area contributed by atoms with Gasteiger partial charge in [-0.25, -0.2) is 14.2 Å². The normalized spacial score (nSPS) is 18.2. The number of carboxylic acids is 1. The number of fused-ring (bicyclic) bond motifs is 5. The molecule has 8 rings (SSSR count). The Bertz CT molecular complexity index is 3440. The predicted molar refractivity (Wildman–Crippen MR) is 303 cm³/mol. The van der Waals surface area contributed by atoms with Gasteiger partial charge in [-0.1, -0.05) is 50.6 Å². The molecule has 22 nitrogen and oxygen atoms in total. The van der Waals surface area contributed by atoms with Crippen molar-refractivity contribution in [1.82, 2.24) is 35.3 Å². The van der Waals surface area contributed by atoms with E-state index in [-0.39, 0.29) is 137 Å². The Morgan fingerprint density at radius 3 is 2.32 bits per heavy atom. The number of likely N-dealkylation sites (N-methyl/N-ethyl adjacent to an activating group) is 1. The summed E-state index contributed by atoms with van der Waals surface area (Å²) in [5, 5.41) is 30.2. The third kappa shape index (κ3) is 14.3. The van der Waals surface area contributed by atoms with E-state index in [1.807, 2.05) is 0 Å². The number of aliphatic hydroxyl groups is 1. The van der Waals surface area contributed by atoms with Crippen LogP contribution in [0.15, 0.2) is 47.3 Å². The molecule has 1 fully saturated rings. The van der Waals surface area contributed by atoms with Gasteiger partial charge in [-0.2, -0.15) is 0 Å². The number of halogens is 1. The van der Waals surface area contributed by atoms with Gasteiger partial charge in [0.15, 0.2) is 17.2 Å². The topological polar surface area (TPSA) is 315 Å². The summed E-state index contributed by atoms with van der Waals surface area (Å²) in [4.78, 5) is 163. The molecule has 452 valence electrons. The highest BCUT2D eigenvalue weighted by Crippen LogP contribution is 2.46. The summed E-state index contributed by atoms with van der Waals surface area (Å²) in [7, 11) is 1.30. The number of hydrogen-bond acceptors (Lipinski definition) is 15. The van der Waals surface area contributed by atoms with Crippen LogP contribution in [0.1, 0.15) is 155 Å². The number of ketones is 3. The lowest BCUT2D eigenvalue weighted by Gasteiger charge is -2.31. The van der Waals surface area contributed by atoms with Crippen molar-refractivity contribution in [2.45, 2.75) is 161 Å². The Morgan fingerprint density at radius 1 is 0.871 bits per heavy atom. The second-order valence-corrected chi connectivity index (χ2v) is 22.8. The minimum Gasteiger partial charge on any atom is -0.481 e. The van der Waals surface area contributed by atoms with E-state index in [0.29, 0.717) is 71.1 Å². The van der Waals surface area contributed by atoms with Crippen LogP contribution in [-0.2, 0) is 89.1 Å². The molecule has 5 atom stereocenters. The smallest absolute Gasteiger partial charge is 0.343 e. The van der Waals surface area contributed by atoms with E-state index in [0.717, 1.165) is 16.0 Å². The Labute approximate surface area is 489 Å². The zero-order valence-electron chi connectivity index (χ0n) is 48.3. The summed E-state index contributed by atoms with van der Waals surface area (Å²) in [6.45, 7) is 4.61. The molecule has 6 amide bonds. The quantitative estimate of drug-likeness (QED) is 0.0251. The first-order valence-electron chi connectivity index (χ1n) is 29.1. The number of likely N-dealkylation sites (tertiary alicyclic amines) is 1. The monoisotopic (exact) mass is 1170 g/mol. The highest BCUT2D eigenvalue weighted by molar-refractivity contribution is 6.03. The minimum absolute atomic E-state index is 0.00224. The second-order valence-electron chi connectivity index (χ2n) is 22.8. The van der Waals surface area contributed by atoms with E-state index in [4.69, 9.17) is 9.72 Å². The Balaban J connectivity index is 0.799. The number of nitrogens with zero attached hydrogens (tertiary/aromatic N) is 4. The number of aryl methyl sites for hydroxylation is 1. The lowest BCUT2D eigenvalue weighted by molar-refractivity contribution is -0.172. The maximum Gasteiger partial charge on any atom is 0.343 e. The van der Waals surface area contributed by atoms with Gasteiger partial charge in [-0.05, 0) is 80.2 Å². The van der Waals surface area contributed by atoms with E-state index in [9.17, 15) is 67.7 Å². The molecule has 0 radical (unpaired) electrons. The maximum atomic E-state index is 15.4. The van der Waals surface area contributed by atoms with Gasteiger partial charge in [0.1, 0.15) is 18.2 Å². The number of aromatic nitrogens is 2. The number of ether oxygens (including phenoxy) is 1. The predicted octanol–water partition coefficient (Wildman–Crippen LogP) is 4.42. The number of Topliss-reactive ketones (excluding diaryl/α,β-unsaturated/α-hetero) is 3. The van der Waals surface area contributed by atoms with Gasteiger partial charge in [-0.3, -0.25) is 57.6 Å². The highest BCUT2D eigenvalue weighted by atomic mass is 19.1. The summed E-state index contributed by atoms with van der Waals surface area (Å²) in [6.07, 6.45) is 0.581. The van der Waals surface area contributed by atoms with Gasteiger partial charge in [0.05, 0.1) is 60.0 Å². The van der Waals surface area contributed by atoms with Crippen LogP contribution in [-0.4, -0.2) is 127 Å². The average molecular weight is 1170 g/mol. The zero-order valence-corrected chi connectivity index (χ0v) is 48.3. The van der Waals surface area contributed by atoms with E-state index < -0.39 is 89.2 Å². The molecule has 23 heteroatoms. The van der Waals surface area contributed by atoms with Gasteiger partial charge in [0.25, 0.3) is 5.56 Å². The number of pyridine rings is 2. The summed E-state index contributed by atoms with van der Waals surface area (Å²) in [5.74, 6) is -8.17. The van der Waals surface area contributed by atoms with Crippen LogP contribution < -0.4 is 21.5 Å². The number of carbonyl (C=O) groups excluding carboxylic acids is 10. The number of imide groups is 1. The fraction of sp³-hybridized carbons (Fsp3) is 0.500. The zero-order chi connectivity index (χ0) is 61.4. The molecule has 1 aliphatic carbocycles. The molecule has 3 aliphatic heterocycles. The van der Waals surface area contributed by atoms with Crippen molar-refractivity contribution in [3.05, 3.63) is 97.6 Å². The van der Waals surface area contributed by atoms with Crippen LogP contribution in [0.3, 0.4) is 0 Å². The fourth-order valence-electron chi connectivity index (χ4n) is 12.0. The molecule has 1 saturated heterocycles. The van der Waals surface area contributed by atoms with Crippen molar-refractivity contribution < 1.29 is 72.1 Å². The summed E-state index contributed by atoms with van der Waals surface area (Å²) in [5.41, 5.74) is 2.08. The first-order chi connectivity index (χ1) is 40.5. The molecule has 2 aromatic heterocycles. The number of hydrogen-bond donors (Lipinski definition) is 5. The van der Waals surface area contributed by atoms with Crippen LogP contribution in [0.4, 0.5) is 4.39 Å². The first kappa shape index (κ1) is 62.7.